The maximum Gasteiger partial charge on any atom is 0.144 e. The Kier molecular flexibility index (Phi) is 7.76. The quantitative estimate of drug-likeness (QED) is 0.325. The van der Waals surface area contributed by atoms with E-state index in [2.05, 4.69) is 19.9 Å². The number of carbonyl (C=O) groups is 3. The highest BCUT2D eigenvalue weighted by atomic mass is 16.5. The van der Waals surface area contributed by atoms with Gasteiger partial charge in [-0.1, -0.05) is 80.3 Å². The fraction of sp³-hybridized carbons (Fsp3) is 0.541. The van der Waals surface area contributed by atoms with Crippen molar-refractivity contribution in [3.05, 3.63) is 76.9 Å². The molecule has 222 valence electrons. The molecule has 2 aliphatic carbocycles. The lowest BCUT2D eigenvalue weighted by molar-refractivity contribution is -0.135. The molecule has 5 heteroatoms. The van der Waals surface area contributed by atoms with E-state index in [9.17, 15) is 14.4 Å². The van der Waals surface area contributed by atoms with Crippen molar-refractivity contribution >= 4 is 17.3 Å². The summed E-state index contributed by atoms with van der Waals surface area (Å²) in [6, 6.07) is 13.9. The van der Waals surface area contributed by atoms with Crippen LogP contribution in [-0.2, 0) is 32.0 Å². The van der Waals surface area contributed by atoms with Crippen molar-refractivity contribution in [2.45, 2.75) is 77.9 Å². The lowest BCUT2D eigenvalue weighted by Gasteiger charge is -2.36. The van der Waals surface area contributed by atoms with Crippen molar-refractivity contribution in [1.82, 2.24) is 0 Å². The van der Waals surface area contributed by atoms with Gasteiger partial charge in [-0.3, -0.25) is 14.4 Å². The molecule has 0 radical (unpaired) electrons. The van der Waals surface area contributed by atoms with Crippen molar-refractivity contribution in [3.63, 3.8) is 0 Å². The molecule has 9 unspecified atom stereocenters. The third-order valence-electron chi connectivity index (χ3n) is 11.0. The predicted molar refractivity (Wildman–Crippen MR) is 162 cm³/mol. The first-order valence-electron chi connectivity index (χ1n) is 15.8. The molecular formula is C37H44O5. The van der Waals surface area contributed by atoms with Crippen LogP contribution in [0.2, 0.25) is 0 Å². The maximum atomic E-state index is 14.5. The number of hydrogen-bond donors (Lipinski definition) is 0. The summed E-state index contributed by atoms with van der Waals surface area (Å²) in [6.45, 7) is 8.63. The van der Waals surface area contributed by atoms with Crippen molar-refractivity contribution in [2.24, 2.45) is 41.4 Å². The van der Waals surface area contributed by atoms with Crippen molar-refractivity contribution in [3.8, 4) is 5.75 Å². The Bertz CT molecular complexity index is 1400. The smallest absolute Gasteiger partial charge is 0.144 e. The molecule has 9 atom stereocenters. The molecule has 0 N–H and O–H groups in total. The summed E-state index contributed by atoms with van der Waals surface area (Å²) in [4.78, 5) is 42.9. The van der Waals surface area contributed by atoms with Gasteiger partial charge in [-0.05, 0) is 67.7 Å². The highest BCUT2D eigenvalue weighted by molar-refractivity contribution is 6.02. The SMILES string of the molecule is COc1cccc(CC2C(=O)C3C(C(=O)Cc4cc(C)cc(C)c4)C4C=CC3(O4)C2C(=O)CC2CCCC(C)C2C)c1. The predicted octanol–water partition coefficient (Wildman–Crippen LogP) is 6.45. The summed E-state index contributed by atoms with van der Waals surface area (Å²) in [5.41, 5.74) is 3.12. The Labute approximate surface area is 250 Å². The zero-order valence-corrected chi connectivity index (χ0v) is 25.6. The Morgan fingerprint density at radius 2 is 1.76 bits per heavy atom. The fourth-order valence-corrected chi connectivity index (χ4v) is 8.85. The van der Waals surface area contributed by atoms with Crippen LogP contribution in [0.3, 0.4) is 0 Å². The molecular weight excluding hydrogens is 524 g/mol. The molecule has 6 rings (SSSR count). The van der Waals surface area contributed by atoms with E-state index in [0.29, 0.717) is 30.6 Å². The summed E-state index contributed by atoms with van der Waals surface area (Å²) in [5.74, 6) is -0.0735. The number of aryl methyl sites for hydroxylation is 2. The summed E-state index contributed by atoms with van der Waals surface area (Å²) < 4.78 is 12.1. The van der Waals surface area contributed by atoms with Gasteiger partial charge in [0.1, 0.15) is 28.7 Å². The van der Waals surface area contributed by atoms with Gasteiger partial charge in [0.15, 0.2) is 0 Å². The average molecular weight is 569 g/mol. The molecule has 1 saturated heterocycles. The number of ketones is 3. The van der Waals surface area contributed by atoms with E-state index >= 15 is 0 Å². The lowest BCUT2D eigenvalue weighted by atomic mass is 9.68. The van der Waals surface area contributed by atoms with Gasteiger partial charge >= 0.3 is 0 Å². The molecule has 4 aliphatic rings. The Morgan fingerprint density at radius 3 is 2.50 bits per heavy atom. The molecule has 42 heavy (non-hydrogen) atoms. The van der Waals surface area contributed by atoms with Crippen LogP contribution < -0.4 is 4.74 Å². The van der Waals surface area contributed by atoms with Crippen molar-refractivity contribution in [2.75, 3.05) is 7.11 Å². The Balaban J connectivity index is 1.34. The molecule has 2 aliphatic heterocycles. The summed E-state index contributed by atoms with van der Waals surface area (Å²) in [7, 11) is 1.63. The van der Waals surface area contributed by atoms with Gasteiger partial charge in [0.05, 0.1) is 31.0 Å². The van der Waals surface area contributed by atoms with E-state index in [0.717, 1.165) is 40.8 Å². The minimum absolute atomic E-state index is 0.00635. The molecule has 2 heterocycles. The van der Waals surface area contributed by atoms with E-state index in [1.54, 1.807) is 7.11 Å². The number of fused-ring (bicyclic) bond motifs is 1. The molecule has 2 saturated carbocycles. The van der Waals surface area contributed by atoms with Crippen LogP contribution in [0.4, 0.5) is 0 Å². The van der Waals surface area contributed by atoms with Crippen LogP contribution in [0.15, 0.2) is 54.6 Å². The third kappa shape index (κ3) is 4.98. The van der Waals surface area contributed by atoms with E-state index < -0.39 is 35.4 Å². The number of hydrogen-bond acceptors (Lipinski definition) is 5. The van der Waals surface area contributed by atoms with E-state index in [1.807, 2.05) is 62.4 Å². The zero-order chi connectivity index (χ0) is 29.8. The summed E-state index contributed by atoms with van der Waals surface area (Å²) >= 11 is 0. The number of rotatable bonds is 9. The van der Waals surface area contributed by atoms with Gasteiger partial charge < -0.3 is 9.47 Å². The number of carbonyl (C=O) groups excluding carboxylic acids is 3. The van der Waals surface area contributed by atoms with Crippen LogP contribution in [0.5, 0.6) is 5.75 Å². The van der Waals surface area contributed by atoms with Gasteiger partial charge in [0.2, 0.25) is 0 Å². The topological polar surface area (TPSA) is 69.7 Å². The largest absolute Gasteiger partial charge is 0.497 e. The van der Waals surface area contributed by atoms with Crippen molar-refractivity contribution in [1.29, 1.82) is 0 Å². The van der Waals surface area contributed by atoms with Gasteiger partial charge in [0, 0.05) is 18.8 Å². The second-order valence-corrected chi connectivity index (χ2v) is 13.7. The minimum Gasteiger partial charge on any atom is -0.497 e. The van der Waals surface area contributed by atoms with Crippen LogP contribution >= 0.6 is 0 Å². The zero-order valence-electron chi connectivity index (χ0n) is 25.6. The standard InChI is InChI=1S/C37H44O5/c1-21-14-22(2)16-26(15-21)19-30(38)33-32-12-13-37(42-32)34(31(39)20-27-10-6-8-23(3)24(27)4)29(36(40)35(33)37)18-25-9-7-11-28(17-25)41-5/h7,9,11-17,23-24,27,29,32-35H,6,8,10,18-20H2,1-5H3. The van der Waals surface area contributed by atoms with Crippen LogP contribution in [0.1, 0.15) is 61.8 Å². The first kappa shape index (κ1) is 29.0. The molecule has 2 aromatic rings. The molecule has 0 aromatic heterocycles. The highest BCUT2D eigenvalue weighted by Gasteiger charge is 2.72. The van der Waals surface area contributed by atoms with Crippen molar-refractivity contribution < 1.29 is 23.9 Å². The number of methoxy groups -OCH3 is 1. The maximum absolute atomic E-state index is 14.5. The summed E-state index contributed by atoms with van der Waals surface area (Å²) in [6.07, 6.45) is 8.02. The van der Waals surface area contributed by atoms with Crippen LogP contribution in [0.25, 0.3) is 0 Å². The van der Waals surface area contributed by atoms with Gasteiger partial charge in [0.25, 0.3) is 0 Å². The molecule has 2 bridgehead atoms. The Morgan fingerprint density at radius 1 is 1.00 bits per heavy atom. The highest BCUT2D eigenvalue weighted by Crippen LogP contribution is 2.60. The van der Waals surface area contributed by atoms with Gasteiger partial charge in [-0.15, -0.1) is 0 Å². The molecule has 1 spiro atoms. The van der Waals surface area contributed by atoms with Crippen LogP contribution in [-0.4, -0.2) is 36.2 Å². The molecule has 5 nitrogen and oxygen atoms in total. The fourth-order valence-electron chi connectivity index (χ4n) is 8.85. The first-order chi connectivity index (χ1) is 20.1. The van der Waals surface area contributed by atoms with E-state index in [1.165, 1.54) is 6.42 Å². The molecule has 3 fully saturated rings. The average Bonchev–Trinajstić information content (AvgIpc) is 3.58. The summed E-state index contributed by atoms with van der Waals surface area (Å²) in [5, 5.41) is 0. The van der Waals surface area contributed by atoms with Crippen LogP contribution in [0, 0.1) is 55.3 Å². The van der Waals surface area contributed by atoms with E-state index in [4.69, 9.17) is 9.47 Å². The monoisotopic (exact) mass is 568 g/mol. The number of ether oxygens (including phenoxy) is 2. The second-order valence-electron chi connectivity index (χ2n) is 13.7. The minimum atomic E-state index is -1.03. The van der Waals surface area contributed by atoms with Gasteiger partial charge in [-0.2, -0.15) is 0 Å². The second kappa shape index (κ2) is 11.2. The Hall–Kier alpha value is -3.05. The third-order valence-corrected chi connectivity index (χ3v) is 11.0. The lowest BCUT2D eigenvalue weighted by Crippen LogP contribution is -2.44. The molecule has 0 amide bonds. The van der Waals surface area contributed by atoms with E-state index in [-0.39, 0.29) is 23.8 Å². The number of Topliss-reactive ketones (excluding diaryl/α,β-unsaturated/α-hetero) is 3. The number of benzene rings is 2. The molecule has 2 aromatic carbocycles. The van der Waals surface area contributed by atoms with Gasteiger partial charge in [-0.25, -0.2) is 0 Å². The first-order valence-corrected chi connectivity index (χ1v) is 15.8. The normalized spacial score (nSPS) is 34.9.